The van der Waals surface area contributed by atoms with Gasteiger partial charge in [0, 0.05) is 38.3 Å². The first-order chi connectivity index (χ1) is 7.69. The largest absolute Gasteiger partial charge is 0.380 e. The molecule has 0 aliphatic carbocycles. The van der Waals surface area contributed by atoms with Gasteiger partial charge >= 0.3 is 0 Å². The molecular weight excluding hydrogens is 200 g/mol. The van der Waals surface area contributed by atoms with Crippen LogP contribution in [-0.2, 0) is 4.74 Å². The third-order valence-corrected chi connectivity index (χ3v) is 3.75. The fraction of sp³-hybridized carbons (Fsp3) is 1.00. The third-order valence-electron chi connectivity index (χ3n) is 3.75. The van der Waals surface area contributed by atoms with Crippen molar-refractivity contribution >= 4 is 0 Å². The fourth-order valence-electron chi connectivity index (χ4n) is 2.26. The molecule has 1 N–H and O–H groups in total. The summed E-state index contributed by atoms with van der Waals surface area (Å²) in [7, 11) is 0. The van der Waals surface area contributed by atoms with Gasteiger partial charge in [0.1, 0.15) is 0 Å². The van der Waals surface area contributed by atoms with Crippen LogP contribution in [-0.4, -0.2) is 49.8 Å². The lowest BCUT2D eigenvalue weighted by Crippen LogP contribution is -2.56. The standard InChI is InChI=1S/C13H28N2O/c1-5-11(3)13-9-15(8-7-14-13)12(4)10-16-6-2/h11-14H,5-10H2,1-4H3. The molecule has 3 heteroatoms. The van der Waals surface area contributed by atoms with E-state index >= 15 is 0 Å². The van der Waals surface area contributed by atoms with E-state index in [1.807, 2.05) is 0 Å². The molecule has 1 fully saturated rings. The van der Waals surface area contributed by atoms with Crippen molar-refractivity contribution in [3.8, 4) is 0 Å². The zero-order valence-electron chi connectivity index (χ0n) is 11.3. The van der Waals surface area contributed by atoms with Crippen molar-refractivity contribution in [3.63, 3.8) is 0 Å². The summed E-state index contributed by atoms with van der Waals surface area (Å²) >= 11 is 0. The number of hydrogen-bond acceptors (Lipinski definition) is 3. The maximum Gasteiger partial charge on any atom is 0.0619 e. The van der Waals surface area contributed by atoms with Crippen molar-refractivity contribution < 1.29 is 4.74 Å². The Morgan fingerprint density at radius 3 is 2.75 bits per heavy atom. The van der Waals surface area contributed by atoms with Crippen LogP contribution in [0.3, 0.4) is 0 Å². The maximum absolute atomic E-state index is 5.51. The molecule has 3 atom stereocenters. The second-order valence-electron chi connectivity index (χ2n) is 4.95. The number of rotatable bonds is 6. The molecule has 0 radical (unpaired) electrons. The van der Waals surface area contributed by atoms with Crippen molar-refractivity contribution in [3.05, 3.63) is 0 Å². The first kappa shape index (κ1) is 13.9. The van der Waals surface area contributed by atoms with Gasteiger partial charge < -0.3 is 10.1 Å². The van der Waals surface area contributed by atoms with Gasteiger partial charge in [-0.15, -0.1) is 0 Å². The summed E-state index contributed by atoms with van der Waals surface area (Å²) in [6, 6.07) is 1.21. The summed E-state index contributed by atoms with van der Waals surface area (Å²) in [5.74, 6) is 0.766. The Hall–Kier alpha value is -0.120. The van der Waals surface area contributed by atoms with E-state index in [9.17, 15) is 0 Å². The zero-order valence-corrected chi connectivity index (χ0v) is 11.3. The quantitative estimate of drug-likeness (QED) is 0.749. The summed E-state index contributed by atoms with van der Waals surface area (Å²) in [5, 5.41) is 3.63. The van der Waals surface area contributed by atoms with E-state index in [4.69, 9.17) is 4.74 Å². The Morgan fingerprint density at radius 1 is 1.38 bits per heavy atom. The van der Waals surface area contributed by atoms with E-state index in [2.05, 4.69) is 37.9 Å². The Kier molecular flexibility index (Phi) is 6.32. The highest BCUT2D eigenvalue weighted by atomic mass is 16.5. The highest BCUT2D eigenvalue weighted by molar-refractivity contribution is 4.84. The molecular formula is C13H28N2O. The summed E-state index contributed by atoms with van der Waals surface area (Å²) in [4.78, 5) is 2.56. The predicted octanol–water partition coefficient (Wildman–Crippen LogP) is 1.73. The van der Waals surface area contributed by atoms with Crippen LogP contribution < -0.4 is 5.32 Å². The predicted molar refractivity (Wildman–Crippen MR) is 68.8 cm³/mol. The summed E-state index contributed by atoms with van der Waals surface area (Å²) in [6.45, 7) is 14.1. The van der Waals surface area contributed by atoms with Crippen LogP contribution in [0.25, 0.3) is 0 Å². The summed E-state index contributed by atoms with van der Waals surface area (Å²) < 4.78 is 5.51. The van der Waals surface area contributed by atoms with Gasteiger partial charge in [-0.05, 0) is 19.8 Å². The molecule has 16 heavy (non-hydrogen) atoms. The molecule has 1 heterocycles. The van der Waals surface area contributed by atoms with Gasteiger partial charge in [0.25, 0.3) is 0 Å². The average molecular weight is 228 g/mol. The molecule has 0 saturated carbocycles. The van der Waals surface area contributed by atoms with E-state index in [0.29, 0.717) is 12.1 Å². The highest BCUT2D eigenvalue weighted by Gasteiger charge is 2.25. The van der Waals surface area contributed by atoms with E-state index in [1.54, 1.807) is 0 Å². The lowest BCUT2D eigenvalue weighted by molar-refractivity contribution is 0.0520. The van der Waals surface area contributed by atoms with E-state index in [1.165, 1.54) is 13.0 Å². The fourth-order valence-corrected chi connectivity index (χ4v) is 2.26. The number of piperazine rings is 1. The molecule has 0 bridgehead atoms. The van der Waals surface area contributed by atoms with E-state index < -0.39 is 0 Å². The molecule has 1 aliphatic heterocycles. The molecule has 3 unspecified atom stereocenters. The van der Waals surface area contributed by atoms with Gasteiger partial charge in [0.15, 0.2) is 0 Å². The molecule has 1 saturated heterocycles. The van der Waals surface area contributed by atoms with E-state index in [0.717, 1.165) is 32.2 Å². The number of hydrogen-bond donors (Lipinski definition) is 1. The normalized spacial score (nSPS) is 26.6. The Labute approximate surface area is 101 Å². The van der Waals surface area contributed by atoms with Crippen LogP contribution in [0.1, 0.15) is 34.1 Å². The molecule has 0 amide bonds. The molecule has 0 aromatic rings. The van der Waals surface area contributed by atoms with Gasteiger partial charge in [-0.1, -0.05) is 20.3 Å². The minimum absolute atomic E-state index is 0.550. The average Bonchev–Trinajstić information content (AvgIpc) is 2.35. The van der Waals surface area contributed by atoms with Crippen LogP contribution in [0.5, 0.6) is 0 Å². The second kappa shape index (κ2) is 7.25. The monoisotopic (exact) mass is 228 g/mol. The molecule has 1 aliphatic rings. The van der Waals surface area contributed by atoms with Crippen molar-refractivity contribution in [1.82, 2.24) is 10.2 Å². The van der Waals surface area contributed by atoms with Crippen LogP contribution in [0.4, 0.5) is 0 Å². The molecule has 3 nitrogen and oxygen atoms in total. The molecule has 0 aromatic carbocycles. The molecule has 96 valence electrons. The van der Waals surface area contributed by atoms with Crippen LogP contribution in [0.15, 0.2) is 0 Å². The minimum atomic E-state index is 0.550. The van der Waals surface area contributed by atoms with Gasteiger partial charge in [0.05, 0.1) is 6.61 Å². The van der Waals surface area contributed by atoms with Crippen molar-refractivity contribution in [2.75, 3.05) is 32.8 Å². The first-order valence-electron chi connectivity index (χ1n) is 6.74. The van der Waals surface area contributed by atoms with Gasteiger partial charge in [-0.25, -0.2) is 0 Å². The third kappa shape index (κ3) is 4.04. The lowest BCUT2D eigenvalue weighted by atomic mass is 9.96. The highest BCUT2D eigenvalue weighted by Crippen LogP contribution is 2.14. The molecule has 0 aromatic heterocycles. The Bertz CT molecular complexity index is 187. The summed E-state index contributed by atoms with van der Waals surface area (Å²) in [6.07, 6.45) is 1.26. The van der Waals surface area contributed by atoms with Crippen molar-refractivity contribution in [2.45, 2.75) is 46.2 Å². The SMILES string of the molecule is CCOCC(C)N1CCNC(C(C)CC)C1. The van der Waals surface area contributed by atoms with Crippen LogP contribution in [0, 0.1) is 5.92 Å². The topological polar surface area (TPSA) is 24.5 Å². The number of nitrogens with zero attached hydrogens (tertiary/aromatic N) is 1. The molecule has 0 spiro atoms. The maximum atomic E-state index is 5.51. The lowest BCUT2D eigenvalue weighted by Gasteiger charge is -2.39. The summed E-state index contributed by atoms with van der Waals surface area (Å²) in [5.41, 5.74) is 0. The number of ether oxygens (including phenoxy) is 1. The van der Waals surface area contributed by atoms with Gasteiger partial charge in [-0.3, -0.25) is 4.90 Å². The van der Waals surface area contributed by atoms with Gasteiger partial charge in [0.2, 0.25) is 0 Å². The number of nitrogens with one attached hydrogen (secondary N) is 1. The second-order valence-corrected chi connectivity index (χ2v) is 4.95. The smallest absolute Gasteiger partial charge is 0.0619 e. The van der Waals surface area contributed by atoms with Gasteiger partial charge in [-0.2, -0.15) is 0 Å². The Balaban J connectivity index is 2.37. The van der Waals surface area contributed by atoms with Crippen molar-refractivity contribution in [2.24, 2.45) is 5.92 Å². The first-order valence-corrected chi connectivity index (χ1v) is 6.74. The van der Waals surface area contributed by atoms with Crippen molar-refractivity contribution in [1.29, 1.82) is 0 Å². The molecule has 1 rings (SSSR count). The Morgan fingerprint density at radius 2 is 2.12 bits per heavy atom. The van der Waals surface area contributed by atoms with Crippen LogP contribution in [0.2, 0.25) is 0 Å². The van der Waals surface area contributed by atoms with E-state index in [-0.39, 0.29) is 0 Å². The zero-order chi connectivity index (χ0) is 12.0. The van der Waals surface area contributed by atoms with Crippen LogP contribution >= 0.6 is 0 Å². The minimum Gasteiger partial charge on any atom is -0.380 e.